The van der Waals surface area contributed by atoms with Crippen molar-refractivity contribution in [1.29, 1.82) is 0 Å². The molecule has 6 heteroatoms. The van der Waals surface area contributed by atoms with Crippen LogP contribution in [0.15, 0.2) is 23.7 Å². The highest BCUT2D eigenvalue weighted by Crippen LogP contribution is 2.27. The molecule has 1 aliphatic rings. The third kappa shape index (κ3) is 5.63. The number of halogens is 1. The first kappa shape index (κ1) is 21.3. The molecule has 24 heavy (non-hydrogen) atoms. The number of hydrogen-bond donors (Lipinski definition) is 1. The van der Waals surface area contributed by atoms with Gasteiger partial charge in [-0.1, -0.05) is 33.6 Å². The summed E-state index contributed by atoms with van der Waals surface area (Å²) in [5.41, 5.74) is 0. The average molecular weight is 447 g/mol. The Labute approximate surface area is 164 Å². The number of imidazole rings is 1. The summed E-state index contributed by atoms with van der Waals surface area (Å²) in [7, 11) is 0. The first-order chi connectivity index (χ1) is 11.2. The number of aromatic nitrogens is 2. The quantitative estimate of drug-likeness (QED) is 0.410. The predicted molar refractivity (Wildman–Crippen MR) is 112 cm³/mol. The summed E-state index contributed by atoms with van der Waals surface area (Å²) in [6, 6.07) is 0.475. The molecule has 1 aliphatic heterocycles. The van der Waals surface area contributed by atoms with Gasteiger partial charge < -0.3 is 14.8 Å². The second-order valence-corrected chi connectivity index (χ2v) is 6.67. The molecule has 1 fully saturated rings. The van der Waals surface area contributed by atoms with E-state index >= 15 is 0 Å². The third-order valence-electron chi connectivity index (χ3n) is 5.11. The van der Waals surface area contributed by atoms with Crippen molar-refractivity contribution in [2.24, 2.45) is 16.8 Å². The molecule has 1 N–H and O–H groups in total. The van der Waals surface area contributed by atoms with Gasteiger partial charge in [0.25, 0.3) is 0 Å². The Bertz CT molecular complexity index is 470. The van der Waals surface area contributed by atoms with Gasteiger partial charge in [-0.25, -0.2) is 4.98 Å². The molecular weight excluding hydrogens is 413 g/mol. The Hall–Kier alpha value is -0.790. The maximum Gasteiger partial charge on any atom is 0.193 e. The maximum atomic E-state index is 4.93. The smallest absolute Gasteiger partial charge is 0.193 e. The first-order valence-electron chi connectivity index (χ1n) is 9.20. The summed E-state index contributed by atoms with van der Waals surface area (Å²) >= 11 is 0. The van der Waals surface area contributed by atoms with E-state index < -0.39 is 0 Å². The van der Waals surface area contributed by atoms with Crippen LogP contribution in [0.1, 0.15) is 53.0 Å². The molecule has 1 aromatic rings. The molecule has 2 rings (SSSR count). The zero-order chi connectivity index (χ0) is 16.7. The number of rotatable bonds is 6. The van der Waals surface area contributed by atoms with Crippen molar-refractivity contribution in [3.63, 3.8) is 0 Å². The summed E-state index contributed by atoms with van der Waals surface area (Å²) in [5.74, 6) is 2.44. The second kappa shape index (κ2) is 10.9. The van der Waals surface area contributed by atoms with Gasteiger partial charge in [-0.15, -0.1) is 24.0 Å². The van der Waals surface area contributed by atoms with E-state index in [0.717, 1.165) is 32.1 Å². The molecule has 0 spiro atoms. The van der Waals surface area contributed by atoms with Crippen LogP contribution in [0.3, 0.4) is 0 Å². The van der Waals surface area contributed by atoms with E-state index in [4.69, 9.17) is 4.99 Å². The van der Waals surface area contributed by atoms with Crippen LogP contribution in [0.2, 0.25) is 0 Å². The molecule has 0 bridgehead atoms. The number of piperidine rings is 1. The fourth-order valence-electron chi connectivity index (χ4n) is 3.28. The summed E-state index contributed by atoms with van der Waals surface area (Å²) in [5, 5.41) is 3.49. The largest absolute Gasteiger partial charge is 0.357 e. The van der Waals surface area contributed by atoms with Crippen molar-refractivity contribution in [3.8, 4) is 0 Å². The molecule has 138 valence electrons. The predicted octanol–water partition coefficient (Wildman–Crippen LogP) is 3.79. The third-order valence-corrected chi connectivity index (χ3v) is 5.11. The molecule has 5 nitrogen and oxygen atoms in total. The highest BCUT2D eigenvalue weighted by molar-refractivity contribution is 14.0. The summed E-state index contributed by atoms with van der Waals surface area (Å²) in [6.45, 7) is 12.9. The van der Waals surface area contributed by atoms with Crippen LogP contribution in [-0.2, 0) is 0 Å². The minimum absolute atomic E-state index is 0. The lowest BCUT2D eigenvalue weighted by molar-refractivity contribution is 0.188. The molecule has 2 heterocycles. The molecule has 1 saturated heterocycles. The van der Waals surface area contributed by atoms with Gasteiger partial charge in [0.1, 0.15) is 0 Å². The highest BCUT2D eigenvalue weighted by atomic mass is 127. The molecular formula is C18H34IN5. The normalized spacial score (nSPS) is 21.7. The van der Waals surface area contributed by atoms with Crippen molar-refractivity contribution in [1.82, 2.24) is 19.8 Å². The Kier molecular flexibility index (Phi) is 9.69. The molecule has 1 aromatic heterocycles. The first-order valence-corrected chi connectivity index (χ1v) is 9.20. The number of guanidine groups is 1. The minimum atomic E-state index is 0. The van der Waals surface area contributed by atoms with E-state index in [1.807, 2.05) is 12.5 Å². The number of nitrogens with zero attached hydrogens (tertiary/aromatic N) is 4. The Morgan fingerprint density at radius 3 is 2.67 bits per heavy atom. The van der Waals surface area contributed by atoms with Crippen LogP contribution in [0.4, 0.5) is 0 Å². The Balaban J connectivity index is 0.00000288. The zero-order valence-corrected chi connectivity index (χ0v) is 17.9. The highest BCUT2D eigenvalue weighted by Gasteiger charge is 2.28. The van der Waals surface area contributed by atoms with Crippen molar-refractivity contribution in [3.05, 3.63) is 18.7 Å². The van der Waals surface area contributed by atoms with Crippen LogP contribution < -0.4 is 5.32 Å². The average Bonchev–Trinajstić information content (AvgIpc) is 3.09. The van der Waals surface area contributed by atoms with Crippen LogP contribution in [0.25, 0.3) is 0 Å². The van der Waals surface area contributed by atoms with Crippen molar-refractivity contribution in [2.45, 2.75) is 53.0 Å². The van der Waals surface area contributed by atoms with Crippen LogP contribution in [0, 0.1) is 11.8 Å². The maximum absolute atomic E-state index is 4.93. The summed E-state index contributed by atoms with van der Waals surface area (Å²) < 4.78 is 2.25. The van der Waals surface area contributed by atoms with Crippen LogP contribution in [0.5, 0.6) is 0 Å². The van der Waals surface area contributed by atoms with Crippen molar-refractivity contribution >= 4 is 29.9 Å². The Morgan fingerprint density at radius 1 is 1.33 bits per heavy atom. The van der Waals surface area contributed by atoms with Gasteiger partial charge in [0, 0.05) is 38.6 Å². The minimum Gasteiger partial charge on any atom is -0.357 e. The van der Waals surface area contributed by atoms with Gasteiger partial charge in [-0.2, -0.15) is 0 Å². The molecule has 0 saturated carbocycles. The van der Waals surface area contributed by atoms with Gasteiger partial charge in [-0.3, -0.25) is 4.99 Å². The summed E-state index contributed by atoms with van der Waals surface area (Å²) in [4.78, 5) is 11.6. The Morgan fingerprint density at radius 2 is 2.08 bits per heavy atom. The molecule has 0 aromatic carbocycles. The van der Waals surface area contributed by atoms with Gasteiger partial charge >= 0.3 is 0 Å². The van der Waals surface area contributed by atoms with Crippen LogP contribution in [-0.4, -0.2) is 46.6 Å². The lowest BCUT2D eigenvalue weighted by Gasteiger charge is -2.39. The van der Waals surface area contributed by atoms with Crippen molar-refractivity contribution < 1.29 is 0 Å². The lowest BCUT2D eigenvalue weighted by atomic mass is 9.93. The lowest BCUT2D eigenvalue weighted by Crippen LogP contribution is -2.49. The van der Waals surface area contributed by atoms with Gasteiger partial charge in [0.05, 0.1) is 12.4 Å². The van der Waals surface area contributed by atoms with Crippen LogP contribution >= 0.6 is 24.0 Å². The topological polar surface area (TPSA) is 45.5 Å². The van der Waals surface area contributed by atoms with E-state index in [0.29, 0.717) is 17.9 Å². The number of likely N-dealkylation sites (tertiary alicyclic amines) is 1. The van der Waals surface area contributed by atoms with Gasteiger partial charge in [0.2, 0.25) is 0 Å². The SMILES string of the molecule is CCNC(=NCC(CC)CC)N1CCC(C)C(n2ccnc2)C1.I. The van der Waals surface area contributed by atoms with E-state index in [-0.39, 0.29) is 24.0 Å². The van der Waals surface area contributed by atoms with Crippen molar-refractivity contribution in [2.75, 3.05) is 26.2 Å². The fraction of sp³-hybridized carbons (Fsp3) is 0.778. The second-order valence-electron chi connectivity index (χ2n) is 6.67. The zero-order valence-electron chi connectivity index (χ0n) is 15.6. The molecule has 0 amide bonds. The molecule has 0 radical (unpaired) electrons. The van der Waals surface area contributed by atoms with Gasteiger partial charge in [0.15, 0.2) is 5.96 Å². The monoisotopic (exact) mass is 447 g/mol. The number of aliphatic imine (C=N–C) groups is 1. The standard InChI is InChI=1S/C18H33N5.HI/c1-5-16(6-2)12-21-18(20-7-3)22-10-8-15(4)17(13-22)23-11-9-19-14-23;/h9,11,14-17H,5-8,10,12-13H2,1-4H3,(H,20,21);1H. The molecule has 2 atom stereocenters. The van der Waals surface area contributed by atoms with E-state index in [1.54, 1.807) is 0 Å². The van der Waals surface area contributed by atoms with E-state index in [1.165, 1.54) is 19.3 Å². The number of hydrogen-bond acceptors (Lipinski definition) is 2. The van der Waals surface area contributed by atoms with E-state index in [2.05, 4.69) is 53.7 Å². The summed E-state index contributed by atoms with van der Waals surface area (Å²) in [6.07, 6.45) is 9.50. The van der Waals surface area contributed by atoms with E-state index in [9.17, 15) is 0 Å². The number of nitrogens with one attached hydrogen (secondary N) is 1. The molecule has 0 aliphatic carbocycles. The molecule has 2 unspecified atom stereocenters. The fourth-order valence-corrected chi connectivity index (χ4v) is 3.28. The van der Waals surface area contributed by atoms with Gasteiger partial charge in [-0.05, 0) is 25.2 Å².